The second-order valence-corrected chi connectivity index (χ2v) is 13.4. The summed E-state index contributed by atoms with van der Waals surface area (Å²) >= 11 is 1.61. The summed E-state index contributed by atoms with van der Waals surface area (Å²) in [5.74, 6) is 0.119. The normalized spacial score (nSPS) is 17.6. The van der Waals surface area contributed by atoms with E-state index < -0.39 is 6.10 Å². The van der Waals surface area contributed by atoms with Crippen LogP contribution in [0.3, 0.4) is 0 Å². The quantitative estimate of drug-likeness (QED) is 0.194. The molecule has 4 aromatic rings. The number of phenols is 1. The van der Waals surface area contributed by atoms with Gasteiger partial charge in [-0.15, -0.1) is 11.3 Å². The molecule has 4 heterocycles. The number of pyridine rings is 1. The first kappa shape index (κ1) is 31.4. The van der Waals surface area contributed by atoms with Crippen molar-refractivity contribution in [1.82, 2.24) is 20.1 Å². The number of likely N-dealkylation sites (tertiary alicyclic amines) is 1. The smallest absolute Gasteiger partial charge is 0.264 e. The number of aliphatic hydroxyl groups is 1. The molecule has 0 saturated carbocycles. The number of nitrogens with zero attached hydrogens (tertiary/aromatic N) is 2. The van der Waals surface area contributed by atoms with Crippen molar-refractivity contribution in [2.24, 2.45) is 0 Å². The summed E-state index contributed by atoms with van der Waals surface area (Å²) in [6.07, 6.45) is 2.83. The van der Waals surface area contributed by atoms with Crippen molar-refractivity contribution in [3.8, 4) is 5.75 Å². The highest BCUT2D eigenvalue weighted by molar-refractivity contribution is 7.14. The number of benzene rings is 2. The Morgan fingerprint density at radius 1 is 1.09 bits per heavy atom. The van der Waals surface area contributed by atoms with Gasteiger partial charge in [0.05, 0.1) is 35.3 Å². The number of H-pyrrole nitrogens is 1. The van der Waals surface area contributed by atoms with E-state index in [1.54, 1.807) is 23.5 Å². The number of fused-ring (bicyclic) bond motifs is 1. The fourth-order valence-corrected chi connectivity index (χ4v) is 7.47. The predicted octanol–water partition coefficient (Wildman–Crippen LogP) is 4.23. The predicted molar refractivity (Wildman–Crippen MR) is 177 cm³/mol. The summed E-state index contributed by atoms with van der Waals surface area (Å²) in [4.78, 5) is 34.1. The Bertz CT molecular complexity index is 1690. The van der Waals surface area contributed by atoms with E-state index in [9.17, 15) is 19.8 Å². The third kappa shape index (κ3) is 7.31. The zero-order valence-electron chi connectivity index (χ0n) is 25.8. The summed E-state index contributed by atoms with van der Waals surface area (Å²) in [6, 6.07) is 18.9. The summed E-state index contributed by atoms with van der Waals surface area (Å²) in [7, 11) is 0. The monoisotopic (exact) mass is 630 g/mol. The minimum Gasteiger partial charge on any atom is -0.506 e. The van der Waals surface area contributed by atoms with Crippen molar-refractivity contribution in [3.05, 3.63) is 97.5 Å². The van der Waals surface area contributed by atoms with Gasteiger partial charge in [0, 0.05) is 49.1 Å². The third-order valence-electron chi connectivity index (χ3n) is 9.12. The van der Waals surface area contributed by atoms with Crippen molar-refractivity contribution >= 4 is 28.1 Å². The van der Waals surface area contributed by atoms with E-state index in [-0.39, 0.29) is 22.8 Å². The molecule has 0 radical (unpaired) electrons. The van der Waals surface area contributed by atoms with Gasteiger partial charge in [0.25, 0.3) is 5.91 Å². The lowest BCUT2D eigenvalue weighted by Gasteiger charge is -2.47. The molecular formula is C35H42N4O5S. The topological polar surface area (TPSA) is 118 Å². The number of aliphatic hydroxyl groups excluding tert-OH is 1. The molecule has 1 spiro atoms. The molecule has 238 valence electrons. The van der Waals surface area contributed by atoms with Crippen LogP contribution in [-0.2, 0) is 24.1 Å². The molecule has 2 aliphatic rings. The fourth-order valence-electron chi connectivity index (χ4n) is 6.55. The maximum Gasteiger partial charge on any atom is 0.264 e. The minimum atomic E-state index is -0.782. The van der Waals surface area contributed by atoms with Gasteiger partial charge in [0.2, 0.25) is 5.56 Å². The molecule has 0 unspecified atom stereocenters. The van der Waals surface area contributed by atoms with Crippen molar-refractivity contribution in [3.63, 3.8) is 0 Å². The van der Waals surface area contributed by atoms with Gasteiger partial charge < -0.3 is 30.2 Å². The number of ether oxygens (including phenoxy) is 1. The lowest BCUT2D eigenvalue weighted by atomic mass is 9.89. The Kier molecular flexibility index (Phi) is 9.67. The number of aromatic amines is 1. The van der Waals surface area contributed by atoms with Crippen LogP contribution in [0.1, 0.15) is 57.1 Å². The molecule has 2 saturated heterocycles. The largest absolute Gasteiger partial charge is 0.506 e. The number of morpholine rings is 1. The molecule has 1 amide bonds. The van der Waals surface area contributed by atoms with Crippen molar-refractivity contribution in [2.75, 3.05) is 45.9 Å². The second kappa shape index (κ2) is 13.8. The molecule has 1 atom stereocenters. The van der Waals surface area contributed by atoms with Crippen molar-refractivity contribution in [1.29, 1.82) is 0 Å². The van der Waals surface area contributed by atoms with Crippen LogP contribution in [-0.4, -0.2) is 82.4 Å². The lowest BCUT2D eigenvalue weighted by Crippen LogP contribution is -2.57. The summed E-state index contributed by atoms with van der Waals surface area (Å²) in [6.45, 7) is 7.84. The van der Waals surface area contributed by atoms with Crippen LogP contribution >= 0.6 is 11.3 Å². The molecule has 2 aromatic heterocycles. The Morgan fingerprint density at radius 2 is 1.91 bits per heavy atom. The number of aromatic hydroxyl groups is 1. The molecule has 6 rings (SSSR count). The van der Waals surface area contributed by atoms with Crippen LogP contribution in [0.2, 0.25) is 0 Å². The first-order valence-corrected chi connectivity index (χ1v) is 16.7. The first-order chi connectivity index (χ1) is 21.8. The zero-order chi connectivity index (χ0) is 31.4. The molecule has 2 aromatic carbocycles. The molecule has 45 heavy (non-hydrogen) atoms. The highest BCUT2D eigenvalue weighted by Gasteiger charge is 2.41. The van der Waals surface area contributed by atoms with E-state index in [1.165, 1.54) is 28.1 Å². The standard InChI is InChI=1S/C35H42N4O5S/c1-2-26-6-10-31(45-26)34(43)39-18-19-44-35(23-39)13-16-38(17-14-35)22-25-5-3-4-24(20-25)12-15-36-21-30(41)27-7-9-29(40)33-28(27)8-11-32(42)37-33/h3-11,20,30,36,40-41H,2,12-19,21-23H2,1H3,(H,37,42)/t30-/m0/s1. The van der Waals surface area contributed by atoms with Crippen LogP contribution in [0.25, 0.3) is 10.9 Å². The van der Waals surface area contributed by atoms with E-state index in [4.69, 9.17) is 4.74 Å². The van der Waals surface area contributed by atoms with Gasteiger partial charge in [0.1, 0.15) is 5.75 Å². The summed E-state index contributed by atoms with van der Waals surface area (Å²) in [5.41, 5.74) is 2.95. The van der Waals surface area contributed by atoms with Gasteiger partial charge >= 0.3 is 0 Å². The van der Waals surface area contributed by atoms with Crippen LogP contribution in [0, 0.1) is 0 Å². The molecule has 0 aliphatic carbocycles. The number of aryl methyl sites for hydroxylation is 1. The maximum atomic E-state index is 13.2. The summed E-state index contributed by atoms with van der Waals surface area (Å²) in [5, 5.41) is 24.9. The first-order valence-electron chi connectivity index (χ1n) is 15.9. The van der Waals surface area contributed by atoms with Gasteiger partial charge in [-0.25, -0.2) is 0 Å². The van der Waals surface area contributed by atoms with Crippen LogP contribution in [0.5, 0.6) is 5.75 Å². The Balaban J connectivity index is 0.970. The van der Waals surface area contributed by atoms with E-state index in [0.29, 0.717) is 49.3 Å². The van der Waals surface area contributed by atoms with E-state index in [1.807, 2.05) is 11.0 Å². The Morgan fingerprint density at radius 3 is 2.71 bits per heavy atom. The molecule has 0 bridgehead atoms. The van der Waals surface area contributed by atoms with Gasteiger partial charge in [-0.05, 0) is 73.2 Å². The minimum absolute atomic E-state index is 0.0174. The van der Waals surface area contributed by atoms with Crippen LogP contribution in [0.4, 0.5) is 0 Å². The highest BCUT2D eigenvalue weighted by atomic mass is 32.1. The van der Waals surface area contributed by atoms with Gasteiger partial charge in [0.15, 0.2) is 0 Å². The Labute approximate surface area is 267 Å². The average molecular weight is 631 g/mol. The number of phenolic OH excluding ortho intramolecular Hbond substituents is 1. The van der Waals surface area contributed by atoms with Crippen LogP contribution in [0.15, 0.2) is 65.5 Å². The van der Waals surface area contributed by atoms with Gasteiger partial charge in [-0.2, -0.15) is 0 Å². The second-order valence-electron chi connectivity index (χ2n) is 12.2. The van der Waals surface area contributed by atoms with Crippen molar-refractivity contribution < 1.29 is 19.7 Å². The molecule has 4 N–H and O–H groups in total. The number of rotatable bonds is 10. The number of piperidine rings is 1. The van der Waals surface area contributed by atoms with Crippen molar-refractivity contribution in [2.45, 2.75) is 50.9 Å². The summed E-state index contributed by atoms with van der Waals surface area (Å²) < 4.78 is 6.33. The zero-order valence-corrected chi connectivity index (χ0v) is 26.6. The maximum absolute atomic E-state index is 13.2. The lowest BCUT2D eigenvalue weighted by molar-refractivity contribution is -0.127. The molecule has 2 aliphatic heterocycles. The number of carbonyl (C=O) groups excluding carboxylic acids is 1. The van der Waals surface area contributed by atoms with Crippen LogP contribution < -0.4 is 10.9 Å². The number of hydrogen-bond donors (Lipinski definition) is 4. The number of amides is 1. The SMILES string of the molecule is CCc1ccc(C(=O)N2CCOC3(CCN(Cc4cccc(CCNC[C@H](O)c5ccc(O)c6[nH]c(=O)ccc56)c4)CC3)C2)s1. The number of carbonyl (C=O) groups is 1. The molecule has 2 fully saturated rings. The highest BCUT2D eigenvalue weighted by Crippen LogP contribution is 2.32. The molecular weight excluding hydrogens is 588 g/mol. The van der Waals surface area contributed by atoms with E-state index in [2.05, 4.69) is 52.5 Å². The molecule has 9 nitrogen and oxygen atoms in total. The van der Waals surface area contributed by atoms with Gasteiger partial charge in [-0.1, -0.05) is 37.3 Å². The fraction of sp³-hybridized carbons (Fsp3) is 0.429. The number of nitrogens with one attached hydrogen (secondary N) is 2. The number of hydrogen-bond acceptors (Lipinski definition) is 8. The van der Waals surface area contributed by atoms with E-state index in [0.717, 1.165) is 50.2 Å². The average Bonchev–Trinajstić information content (AvgIpc) is 3.54. The third-order valence-corrected chi connectivity index (χ3v) is 10.3. The number of aromatic nitrogens is 1. The number of thiophene rings is 1. The molecule has 10 heteroatoms. The van der Waals surface area contributed by atoms with Gasteiger partial charge in [-0.3, -0.25) is 14.5 Å². The Hall–Kier alpha value is -3.54. The van der Waals surface area contributed by atoms with E-state index >= 15 is 0 Å².